The van der Waals surface area contributed by atoms with Gasteiger partial charge in [-0.1, -0.05) is 0 Å². The van der Waals surface area contributed by atoms with E-state index in [2.05, 4.69) is 124 Å². The first kappa shape index (κ1) is 40.9. The average Bonchev–Trinajstić information content (AvgIpc) is 3.94. The predicted molar refractivity (Wildman–Crippen MR) is 230 cm³/mol. The Hall–Kier alpha value is -0.747. The fourth-order valence-electron chi connectivity index (χ4n) is 16.1. The van der Waals surface area contributed by atoms with Crippen molar-refractivity contribution in [3.05, 3.63) is 85.8 Å². The van der Waals surface area contributed by atoms with Crippen LogP contribution in [0.1, 0.15) is 151 Å². The van der Waals surface area contributed by atoms with Crippen LogP contribution >= 0.6 is 24.8 Å². The predicted octanol–water partition coefficient (Wildman–Crippen LogP) is 15.4. The summed E-state index contributed by atoms with van der Waals surface area (Å²) in [6.07, 6.45) is 28.9. The molecule has 0 radical (unpaired) electrons. The van der Waals surface area contributed by atoms with Crippen molar-refractivity contribution in [2.75, 3.05) is 0 Å². The molecular weight excluding hydrogens is 751 g/mol. The van der Waals surface area contributed by atoms with Crippen LogP contribution in [0, 0.1) is 39.4 Å². The average molecular weight is 823 g/mol. The van der Waals surface area contributed by atoms with Crippen molar-refractivity contribution >= 4 is 34.6 Å². The summed E-state index contributed by atoms with van der Waals surface area (Å²) >= 11 is -4.67. The Morgan fingerprint density at radius 1 is 0.731 bits per heavy atom. The van der Waals surface area contributed by atoms with E-state index in [-0.39, 0.29) is 49.6 Å². The first-order valence-corrected chi connectivity index (χ1v) is 28.2. The summed E-state index contributed by atoms with van der Waals surface area (Å²) in [5.41, 5.74) is 10.3. The summed E-state index contributed by atoms with van der Waals surface area (Å²) in [6, 6.07) is 9.58. The third kappa shape index (κ3) is 4.47. The molecule has 0 heterocycles. The first-order valence-electron chi connectivity index (χ1n) is 21.2. The van der Waals surface area contributed by atoms with Crippen molar-refractivity contribution < 1.29 is 18.3 Å². The molecule has 0 amide bonds. The standard InChI is InChI=1S/C29H37.2C7H13.C5H5.CH2.2ClH.Zr/c1-18-25-22-17-19-13-9-10-14-20(19)24(22)21-15-11-12-16-23(21)29(25,8)28(6,7)27(4,5)26(18,2)3;2*1-2-7-5-3-4-6-7;1-2-4-5-3-1;;;;/h9-11,13-15,23H,12,16-17H2,1-8H3;2*2,7H,3-6H2,1H3;1-3H,4H2;1H2;2*1H;. The maximum atomic E-state index is 6.40. The molecule has 0 saturated heterocycles. The van der Waals surface area contributed by atoms with Crippen molar-refractivity contribution in [1.29, 1.82) is 0 Å². The fraction of sp³-hybridized carbons (Fsp3) is 0.653. The Morgan fingerprint density at radius 2 is 1.31 bits per heavy atom. The maximum absolute atomic E-state index is 6.40. The van der Waals surface area contributed by atoms with Crippen molar-refractivity contribution in [3.8, 4) is 0 Å². The number of rotatable bonds is 6. The molecule has 0 nitrogen and oxygen atoms in total. The summed E-state index contributed by atoms with van der Waals surface area (Å²) in [5.74, 6) is 2.14. The third-order valence-corrected chi connectivity index (χ3v) is 45.4. The number of hydrogen-bond acceptors (Lipinski definition) is 0. The second kappa shape index (κ2) is 13.2. The van der Waals surface area contributed by atoms with Gasteiger partial charge in [0.05, 0.1) is 0 Å². The molecule has 0 bridgehead atoms. The van der Waals surface area contributed by atoms with Gasteiger partial charge >= 0.3 is 310 Å². The van der Waals surface area contributed by atoms with E-state index >= 15 is 0 Å². The SMILES string of the molecule is Cl.Cl.[CH2]=[Zr]([C]1=CC=CC1)([CH](C)C1CCCC1)([CH](C)C1CCCC1)[C]1(C)C2=C3Cc4ccccc4C3=C3C=CCCC3C2(C)C(C)(C)C(C)(C)C1(C)C. The molecule has 7 aliphatic rings. The van der Waals surface area contributed by atoms with E-state index in [1.54, 1.807) is 27.8 Å². The molecule has 0 aromatic heterocycles. The molecular formula is C49H72Cl2Zr. The van der Waals surface area contributed by atoms with E-state index in [1.165, 1.54) is 64.2 Å². The van der Waals surface area contributed by atoms with Gasteiger partial charge in [-0.15, -0.1) is 24.8 Å². The van der Waals surface area contributed by atoms with Crippen LogP contribution in [0.25, 0.3) is 5.57 Å². The summed E-state index contributed by atoms with van der Waals surface area (Å²) < 4.78 is 9.65. The molecule has 0 N–H and O–H groups in total. The van der Waals surface area contributed by atoms with Gasteiger partial charge in [0.25, 0.3) is 0 Å². The van der Waals surface area contributed by atoms with Crippen molar-refractivity contribution in [2.24, 2.45) is 39.4 Å². The number of fused-ring (bicyclic) bond motifs is 6. The quantitative estimate of drug-likeness (QED) is 0.268. The summed E-state index contributed by atoms with van der Waals surface area (Å²) in [5, 5.41) is 0. The summed E-state index contributed by atoms with van der Waals surface area (Å²) in [4.78, 5) is 0. The first-order chi connectivity index (χ1) is 23.5. The Balaban J connectivity index is 0.00000232. The van der Waals surface area contributed by atoms with Crippen LogP contribution in [-0.2, 0) is 24.7 Å². The summed E-state index contributed by atoms with van der Waals surface area (Å²) in [6.45, 7) is 28.0. The molecule has 1 aromatic rings. The third-order valence-electron chi connectivity index (χ3n) is 20.2. The van der Waals surface area contributed by atoms with Crippen LogP contribution in [0.2, 0.25) is 10.4 Å². The number of hydrogen-bond donors (Lipinski definition) is 0. The van der Waals surface area contributed by atoms with Gasteiger partial charge in [0.1, 0.15) is 0 Å². The molecule has 3 saturated carbocycles. The molecule has 3 fully saturated rings. The van der Waals surface area contributed by atoms with E-state index < -0.39 is 18.3 Å². The zero-order valence-corrected chi connectivity index (χ0v) is 38.7. The van der Waals surface area contributed by atoms with E-state index in [0.29, 0.717) is 13.2 Å². The van der Waals surface area contributed by atoms with Gasteiger partial charge in [0.2, 0.25) is 0 Å². The molecule has 0 aliphatic heterocycles. The molecule has 5 unspecified atom stereocenters. The minimum absolute atomic E-state index is 0. The normalized spacial score (nSPS) is 33.1. The Bertz CT molecular complexity index is 1800. The van der Waals surface area contributed by atoms with Crippen LogP contribution in [0.3, 0.4) is 0 Å². The Morgan fingerprint density at radius 3 is 1.87 bits per heavy atom. The van der Waals surface area contributed by atoms with Gasteiger partial charge in [-0.2, -0.15) is 0 Å². The van der Waals surface area contributed by atoms with Gasteiger partial charge < -0.3 is 0 Å². The van der Waals surface area contributed by atoms with E-state index in [4.69, 9.17) is 4.21 Å². The number of allylic oxidation sites excluding steroid dienone is 10. The monoisotopic (exact) mass is 820 g/mol. The van der Waals surface area contributed by atoms with Gasteiger partial charge in [-0.25, -0.2) is 0 Å². The van der Waals surface area contributed by atoms with Crippen molar-refractivity contribution in [3.63, 3.8) is 0 Å². The topological polar surface area (TPSA) is 0 Å². The van der Waals surface area contributed by atoms with Crippen LogP contribution in [0.15, 0.2) is 74.6 Å². The second-order valence-electron chi connectivity index (χ2n) is 20.9. The van der Waals surface area contributed by atoms with Crippen LogP contribution in [0.5, 0.6) is 0 Å². The zero-order chi connectivity index (χ0) is 35.7. The van der Waals surface area contributed by atoms with Gasteiger partial charge in [0, 0.05) is 0 Å². The molecule has 52 heavy (non-hydrogen) atoms. The second-order valence-corrected chi connectivity index (χ2v) is 37.4. The van der Waals surface area contributed by atoms with Crippen LogP contribution in [-0.4, -0.2) is 4.21 Å². The van der Waals surface area contributed by atoms with Crippen molar-refractivity contribution in [2.45, 2.75) is 157 Å². The van der Waals surface area contributed by atoms with Gasteiger partial charge in [-0.05, 0) is 0 Å². The van der Waals surface area contributed by atoms with Crippen LogP contribution in [0.4, 0.5) is 0 Å². The molecule has 0 spiro atoms. The zero-order valence-electron chi connectivity index (χ0n) is 34.6. The molecule has 286 valence electrons. The summed E-state index contributed by atoms with van der Waals surface area (Å²) in [7, 11) is 0. The Kier molecular flexibility index (Phi) is 10.4. The molecule has 3 heteroatoms. The molecule has 8 rings (SSSR count). The van der Waals surface area contributed by atoms with Crippen LogP contribution < -0.4 is 0 Å². The Labute approximate surface area is 332 Å². The number of halogens is 2. The van der Waals surface area contributed by atoms with E-state index in [9.17, 15) is 0 Å². The van der Waals surface area contributed by atoms with E-state index in [1.807, 2.05) is 8.85 Å². The van der Waals surface area contributed by atoms with Crippen molar-refractivity contribution in [1.82, 2.24) is 0 Å². The fourth-order valence-corrected chi connectivity index (χ4v) is 43.5. The molecule has 1 aromatic carbocycles. The number of benzene rings is 1. The molecule has 5 atom stereocenters. The van der Waals surface area contributed by atoms with Gasteiger partial charge in [0.15, 0.2) is 0 Å². The van der Waals surface area contributed by atoms with Gasteiger partial charge in [-0.3, -0.25) is 0 Å². The molecule has 7 aliphatic carbocycles. The van der Waals surface area contributed by atoms with E-state index in [0.717, 1.165) is 24.7 Å². The minimum atomic E-state index is -4.67.